The normalized spacial score (nSPS) is 27.6. The maximum absolute atomic E-state index is 11.5. The van der Waals surface area contributed by atoms with Crippen LogP contribution in [0, 0.1) is 11.8 Å². The molecule has 1 heterocycles. The van der Waals surface area contributed by atoms with Crippen LogP contribution >= 0.6 is 0 Å². The summed E-state index contributed by atoms with van der Waals surface area (Å²) in [5, 5.41) is 0. The fraction of sp³-hybridized carbons (Fsp3) is 0.357. The predicted octanol–water partition coefficient (Wildman–Crippen LogP) is 2.44. The zero-order valence-corrected chi connectivity index (χ0v) is 9.06. The minimum absolute atomic E-state index is 0.0200. The number of esters is 1. The molecule has 0 unspecified atom stereocenters. The summed E-state index contributed by atoms with van der Waals surface area (Å²) in [6.07, 6.45) is 6.16. The van der Waals surface area contributed by atoms with Crippen molar-refractivity contribution in [1.82, 2.24) is 0 Å². The summed E-state index contributed by atoms with van der Waals surface area (Å²) >= 11 is 0. The number of rotatable bonds is 0. The highest BCUT2D eigenvalue weighted by molar-refractivity contribution is 5.78. The molecule has 0 saturated carbocycles. The van der Waals surface area contributed by atoms with Gasteiger partial charge in [-0.15, -0.1) is 0 Å². The summed E-state index contributed by atoms with van der Waals surface area (Å²) in [5.74, 6) is 0.297. The second kappa shape index (κ2) is 3.78. The topological polar surface area (TPSA) is 26.3 Å². The quantitative estimate of drug-likeness (QED) is 0.620. The van der Waals surface area contributed by atoms with Gasteiger partial charge in [0.15, 0.2) is 0 Å². The Balaban J connectivity index is 1.97. The predicted molar refractivity (Wildman–Crippen MR) is 61.7 cm³/mol. The van der Waals surface area contributed by atoms with Crippen molar-refractivity contribution in [2.75, 3.05) is 6.61 Å². The van der Waals surface area contributed by atoms with Crippen LogP contribution < -0.4 is 0 Å². The smallest absolute Gasteiger partial charge is 0.313 e. The second-order valence-corrected chi connectivity index (χ2v) is 4.51. The highest BCUT2D eigenvalue weighted by Gasteiger charge is 2.35. The van der Waals surface area contributed by atoms with Crippen LogP contribution in [0.1, 0.15) is 17.5 Å². The molecular weight excluding hydrogens is 200 g/mol. The first-order chi connectivity index (χ1) is 7.84. The van der Waals surface area contributed by atoms with E-state index in [1.165, 1.54) is 11.1 Å². The SMILES string of the molecule is O=C1OC[C@@H]2CCc3ccccc3C=C[C@@H]12. The molecule has 2 atom stereocenters. The van der Waals surface area contributed by atoms with E-state index in [1.807, 2.05) is 12.1 Å². The third-order valence-electron chi connectivity index (χ3n) is 3.54. The van der Waals surface area contributed by atoms with Crippen molar-refractivity contribution in [3.05, 3.63) is 41.5 Å². The highest BCUT2D eigenvalue weighted by atomic mass is 16.5. The lowest BCUT2D eigenvalue weighted by molar-refractivity contribution is -0.140. The number of ether oxygens (including phenoxy) is 1. The summed E-state index contributed by atoms with van der Waals surface area (Å²) in [4.78, 5) is 11.5. The molecule has 1 aliphatic carbocycles. The Kier molecular flexibility index (Phi) is 2.28. The van der Waals surface area contributed by atoms with E-state index in [9.17, 15) is 4.79 Å². The first-order valence-electron chi connectivity index (χ1n) is 5.77. The summed E-state index contributed by atoms with van der Waals surface area (Å²) in [6, 6.07) is 8.38. The number of carbonyl (C=O) groups excluding carboxylic acids is 1. The number of aryl methyl sites for hydroxylation is 1. The van der Waals surface area contributed by atoms with Gasteiger partial charge in [0, 0.05) is 5.92 Å². The number of cyclic esters (lactones) is 1. The Bertz CT molecular complexity index is 448. The average molecular weight is 214 g/mol. The molecule has 0 aromatic heterocycles. The Labute approximate surface area is 94.9 Å². The van der Waals surface area contributed by atoms with E-state index in [2.05, 4.69) is 24.3 Å². The number of fused-ring (bicyclic) bond motifs is 2. The molecule has 0 radical (unpaired) electrons. The molecule has 1 aromatic rings. The molecule has 2 nitrogen and oxygen atoms in total. The molecule has 3 rings (SSSR count). The van der Waals surface area contributed by atoms with Gasteiger partial charge < -0.3 is 4.74 Å². The summed E-state index contributed by atoms with van der Waals surface area (Å²) in [7, 11) is 0. The standard InChI is InChI=1S/C14H14O2/c15-14-13-8-7-11-4-2-1-3-10(11)5-6-12(13)9-16-14/h1-4,7-8,12-13H,5-6,9H2/t12-,13+/m0/s1. The zero-order valence-electron chi connectivity index (χ0n) is 9.06. The molecule has 2 heteroatoms. The molecule has 82 valence electrons. The first kappa shape index (κ1) is 9.64. The molecular formula is C14H14O2. The molecule has 0 amide bonds. The number of hydrogen-bond acceptors (Lipinski definition) is 2. The van der Waals surface area contributed by atoms with Gasteiger partial charge in [0.05, 0.1) is 12.5 Å². The van der Waals surface area contributed by atoms with E-state index in [1.54, 1.807) is 0 Å². The minimum Gasteiger partial charge on any atom is -0.465 e. The molecule has 2 aliphatic rings. The average Bonchev–Trinajstić information content (AvgIpc) is 2.62. The first-order valence-corrected chi connectivity index (χ1v) is 5.77. The highest BCUT2D eigenvalue weighted by Crippen LogP contribution is 2.31. The lowest BCUT2D eigenvalue weighted by atomic mass is 9.85. The van der Waals surface area contributed by atoms with Crippen molar-refractivity contribution in [1.29, 1.82) is 0 Å². The van der Waals surface area contributed by atoms with Crippen molar-refractivity contribution in [3.8, 4) is 0 Å². The number of hydrogen-bond donors (Lipinski definition) is 0. The molecule has 1 aromatic carbocycles. The van der Waals surface area contributed by atoms with E-state index in [4.69, 9.17) is 4.74 Å². The molecule has 0 N–H and O–H groups in total. The monoisotopic (exact) mass is 214 g/mol. The summed E-state index contributed by atoms with van der Waals surface area (Å²) in [6.45, 7) is 0.593. The van der Waals surface area contributed by atoms with Gasteiger partial charge in [0.1, 0.15) is 0 Å². The van der Waals surface area contributed by atoms with Crippen molar-refractivity contribution >= 4 is 12.0 Å². The van der Waals surface area contributed by atoms with Crippen molar-refractivity contribution in [2.45, 2.75) is 12.8 Å². The fourth-order valence-corrected chi connectivity index (χ4v) is 2.55. The summed E-state index contributed by atoms with van der Waals surface area (Å²) < 4.78 is 5.12. The summed E-state index contributed by atoms with van der Waals surface area (Å²) in [5.41, 5.74) is 2.61. The van der Waals surface area contributed by atoms with E-state index >= 15 is 0 Å². The van der Waals surface area contributed by atoms with Gasteiger partial charge in [-0.25, -0.2) is 0 Å². The minimum atomic E-state index is -0.0550. The van der Waals surface area contributed by atoms with Crippen LogP contribution in [0.25, 0.3) is 6.08 Å². The van der Waals surface area contributed by atoms with Gasteiger partial charge in [-0.3, -0.25) is 4.79 Å². The number of benzene rings is 1. The van der Waals surface area contributed by atoms with E-state index in [0.717, 1.165) is 12.8 Å². The van der Waals surface area contributed by atoms with Crippen molar-refractivity contribution < 1.29 is 9.53 Å². The van der Waals surface area contributed by atoms with Gasteiger partial charge in [0.2, 0.25) is 0 Å². The zero-order chi connectivity index (χ0) is 11.0. The fourth-order valence-electron chi connectivity index (χ4n) is 2.55. The van der Waals surface area contributed by atoms with Crippen molar-refractivity contribution in [2.24, 2.45) is 11.8 Å². The van der Waals surface area contributed by atoms with E-state index in [0.29, 0.717) is 12.5 Å². The lowest BCUT2D eigenvalue weighted by Gasteiger charge is -2.16. The van der Waals surface area contributed by atoms with Crippen LogP contribution in [0.15, 0.2) is 30.3 Å². The van der Waals surface area contributed by atoms with Crippen LogP contribution in [0.3, 0.4) is 0 Å². The molecule has 0 bridgehead atoms. The van der Waals surface area contributed by atoms with E-state index < -0.39 is 0 Å². The van der Waals surface area contributed by atoms with Crippen LogP contribution in [-0.4, -0.2) is 12.6 Å². The van der Waals surface area contributed by atoms with Gasteiger partial charge in [0.25, 0.3) is 0 Å². The number of carbonyl (C=O) groups is 1. The third kappa shape index (κ3) is 1.54. The maximum Gasteiger partial charge on any atom is 0.313 e. The largest absolute Gasteiger partial charge is 0.465 e. The Hall–Kier alpha value is -1.57. The lowest BCUT2D eigenvalue weighted by Crippen LogP contribution is -2.15. The van der Waals surface area contributed by atoms with E-state index in [-0.39, 0.29) is 11.9 Å². The van der Waals surface area contributed by atoms with Crippen LogP contribution in [0.4, 0.5) is 0 Å². The van der Waals surface area contributed by atoms with Crippen molar-refractivity contribution in [3.63, 3.8) is 0 Å². The van der Waals surface area contributed by atoms with Crippen LogP contribution in [0.2, 0.25) is 0 Å². The molecule has 1 saturated heterocycles. The third-order valence-corrected chi connectivity index (χ3v) is 3.54. The van der Waals surface area contributed by atoms with Gasteiger partial charge in [-0.1, -0.05) is 36.4 Å². The molecule has 16 heavy (non-hydrogen) atoms. The maximum atomic E-state index is 11.5. The second-order valence-electron chi connectivity index (χ2n) is 4.51. The van der Waals surface area contributed by atoms with Crippen LogP contribution in [-0.2, 0) is 16.0 Å². The molecule has 1 fully saturated rings. The molecule has 0 spiro atoms. The molecule has 1 aliphatic heterocycles. The van der Waals surface area contributed by atoms with Gasteiger partial charge >= 0.3 is 5.97 Å². The van der Waals surface area contributed by atoms with Crippen LogP contribution in [0.5, 0.6) is 0 Å². The van der Waals surface area contributed by atoms with Gasteiger partial charge in [-0.2, -0.15) is 0 Å². The Morgan fingerprint density at radius 1 is 1.25 bits per heavy atom. The Morgan fingerprint density at radius 3 is 3.06 bits per heavy atom. The van der Waals surface area contributed by atoms with Gasteiger partial charge in [-0.05, 0) is 24.0 Å². The Morgan fingerprint density at radius 2 is 2.12 bits per heavy atom.